The molecule has 0 unspecified atom stereocenters. The second kappa shape index (κ2) is 13.9. The van der Waals surface area contributed by atoms with Crippen LogP contribution < -0.4 is 15.4 Å². The monoisotopic (exact) mass is 605 g/mol. The van der Waals surface area contributed by atoms with Crippen LogP contribution in [0.1, 0.15) is 31.7 Å². The number of ether oxygens (including phenoxy) is 2. The molecule has 0 saturated carbocycles. The first-order chi connectivity index (χ1) is 19.4. The van der Waals surface area contributed by atoms with Crippen molar-refractivity contribution in [2.45, 2.75) is 26.2 Å². The Kier molecular flexibility index (Phi) is 10.1. The summed E-state index contributed by atoms with van der Waals surface area (Å²) in [6, 6.07) is 13.4. The Labute approximate surface area is 242 Å². The average Bonchev–Trinajstić information content (AvgIpc) is 2.94. The van der Waals surface area contributed by atoms with Gasteiger partial charge in [0.25, 0.3) is 0 Å². The molecule has 40 heavy (non-hydrogen) atoms. The summed E-state index contributed by atoms with van der Waals surface area (Å²) in [6.07, 6.45) is 5.52. The van der Waals surface area contributed by atoms with E-state index in [1.54, 1.807) is 12.1 Å². The van der Waals surface area contributed by atoms with Crippen LogP contribution in [-0.2, 0) is 14.3 Å². The Morgan fingerprint density at radius 3 is 2.77 bits per heavy atom. The lowest BCUT2D eigenvalue weighted by Crippen LogP contribution is -2.38. The van der Waals surface area contributed by atoms with E-state index in [0.29, 0.717) is 59.3 Å². The highest BCUT2D eigenvalue weighted by Gasteiger charge is 2.22. The first-order valence-electron chi connectivity index (χ1n) is 13.2. The molecule has 0 radical (unpaired) electrons. The molecule has 1 saturated heterocycles. The van der Waals surface area contributed by atoms with E-state index < -0.39 is 0 Å². The predicted octanol–water partition coefficient (Wildman–Crippen LogP) is 5.78. The van der Waals surface area contributed by atoms with Crippen LogP contribution in [0.3, 0.4) is 0 Å². The zero-order valence-electron chi connectivity index (χ0n) is 22.4. The van der Waals surface area contributed by atoms with Crippen LogP contribution in [0, 0.1) is 17.2 Å². The highest BCUT2D eigenvalue weighted by Crippen LogP contribution is 2.36. The first kappa shape index (κ1) is 29.1. The van der Waals surface area contributed by atoms with Crippen LogP contribution in [0.4, 0.5) is 17.1 Å². The number of anilines is 3. The van der Waals surface area contributed by atoms with Gasteiger partial charge in [0, 0.05) is 27.8 Å². The van der Waals surface area contributed by atoms with Gasteiger partial charge in [-0.1, -0.05) is 28.6 Å². The number of carbonyl (C=O) groups excluding carboxylic acids is 2. The number of esters is 1. The molecule has 0 atom stereocenters. The van der Waals surface area contributed by atoms with Gasteiger partial charge in [0.1, 0.15) is 11.8 Å². The molecule has 1 fully saturated rings. The number of aromatic nitrogens is 1. The number of pyridine rings is 1. The van der Waals surface area contributed by atoms with Gasteiger partial charge in [0.2, 0.25) is 5.91 Å². The number of nitrogens with zero attached hydrogens (tertiary/aromatic N) is 3. The van der Waals surface area contributed by atoms with Crippen LogP contribution >= 0.6 is 15.9 Å². The summed E-state index contributed by atoms with van der Waals surface area (Å²) < 4.78 is 12.1. The molecule has 10 heteroatoms. The second-order valence-corrected chi connectivity index (χ2v) is 10.4. The number of amides is 1. The van der Waals surface area contributed by atoms with Crippen LogP contribution in [0.5, 0.6) is 5.75 Å². The fourth-order valence-electron chi connectivity index (χ4n) is 4.71. The third-order valence-electron chi connectivity index (χ3n) is 6.78. The summed E-state index contributed by atoms with van der Waals surface area (Å²) >= 11 is 3.48. The predicted molar refractivity (Wildman–Crippen MR) is 159 cm³/mol. The van der Waals surface area contributed by atoms with E-state index in [0.717, 1.165) is 42.5 Å². The molecule has 2 aromatic carbocycles. The van der Waals surface area contributed by atoms with Gasteiger partial charge in [-0.2, -0.15) is 5.26 Å². The zero-order chi connectivity index (χ0) is 28.5. The van der Waals surface area contributed by atoms with Crippen LogP contribution in [0.15, 0.2) is 59.7 Å². The molecule has 9 nitrogen and oxygen atoms in total. The third kappa shape index (κ3) is 7.58. The van der Waals surface area contributed by atoms with Crippen LogP contribution in [0.2, 0.25) is 0 Å². The number of hydrogen-bond donors (Lipinski definition) is 2. The molecule has 2 N–H and O–H groups in total. The SMILES string of the molecule is C=CC(=O)Nc1cc2c(Nc3cccc(Br)c3)c(C#N)cnc2cc1OCCC1CCN(CC(=O)OCC)CC1. The summed E-state index contributed by atoms with van der Waals surface area (Å²) in [4.78, 5) is 30.6. The maximum atomic E-state index is 12.3. The van der Waals surface area contributed by atoms with Crippen molar-refractivity contribution in [3.63, 3.8) is 0 Å². The zero-order valence-corrected chi connectivity index (χ0v) is 24.0. The van der Waals surface area contributed by atoms with Crippen molar-refractivity contribution >= 4 is 55.8 Å². The van der Waals surface area contributed by atoms with E-state index in [4.69, 9.17) is 9.47 Å². The summed E-state index contributed by atoms with van der Waals surface area (Å²) in [5, 5.41) is 16.6. The van der Waals surface area contributed by atoms with Gasteiger partial charge in [0.15, 0.2) is 0 Å². The fourth-order valence-corrected chi connectivity index (χ4v) is 5.11. The number of nitrogens with one attached hydrogen (secondary N) is 2. The van der Waals surface area contributed by atoms with Crippen molar-refractivity contribution in [3.8, 4) is 11.8 Å². The van der Waals surface area contributed by atoms with Crippen molar-refractivity contribution in [2.75, 3.05) is 43.5 Å². The number of hydrogen-bond acceptors (Lipinski definition) is 8. The van der Waals surface area contributed by atoms with E-state index >= 15 is 0 Å². The summed E-state index contributed by atoms with van der Waals surface area (Å²) in [7, 11) is 0. The lowest BCUT2D eigenvalue weighted by molar-refractivity contribution is -0.144. The Balaban J connectivity index is 1.51. The maximum absolute atomic E-state index is 12.3. The fraction of sp³-hybridized carbons (Fsp3) is 0.333. The third-order valence-corrected chi connectivity index (χ3v) is 7.27. The van der Waals surface area contributed by atoms with E-state index in [1.807, 2.05) is 31.2 Å². The van der Waals surface area contributed by atoms with Gasteiger partial charge >= 0.3 is 5.97 Å². The second-order valence-electron chi connectivity index (χ2n) is 9.51. The van der Waals surface area contributed by atoms with Gasteiger partial charge in [-0.05, 0) is 75.5 Å². The lowest BCUT2D eigenvalue weighted by Gasteiger charge is -2.31. The number of piperidine rings is 1. The molecule has 0 aliphatic carbocycles. The Morgan fingerprint density at radius 1 is 1.27 bits per heavy atom. The summed E-state index contributed by atoms with van der Waals surface area (Å²) in [6.45, 7) is 8.26. The molecule has 1 amide bonds. The number of halogens is 1. The quantitative estimate of drug-likeness (QED) is 0.209. The van der Waals surface area contributed by atoms with Gasteiger partial charge in [0.05, 0.1) is 42.2 Å². The maximum Gasteiger partial charge on any atom is 0.320 e. The van der Waals surface area contributed by atoms with Gasteiger partial charge in [-0.15, -0.1) is 0 Å². The molecule has 1 aliphatic heterocycles. The molecular weight excluding hydrogens is 574 g/mol. The lowest BCUT2D eigenvalue weighted by atomic mass is 9.94. The molecule has 208 valence electrons. The number of benzene rings is 2. The standard InChI is InChI=1S/C30H32BrN5O4/c1-3-28(37)35-26-15-24-25(33-18-21(17-32)30(24)34-23-7-5-6-22(31)14-23)16-27(26)40-13-10-20-8-11-36(12-9-20)19-29(38)39-4-2/h3,5-7,14-16,18,20H,1,4,8-13,19H2,2H3,(H,33,34)(H,35,37). The Hall–Kier alpha value is -3.94. The van der Waals surface area contributed by atoms with Gasteiger partial charge in [-0.3, -0.25) is 19.5 Å². The van der Waals surface area contributed by atoms with E-state index in [1.165, 1.54) is 12.3 Å². The van der Waals surface area contributed by atoms with Gasteiger partial charge in [-0.25, -0.2) is 0 Å². The summed E-state index contributed by atoms with van der Waals surface area (Å²) in [5.41, 5.74) is 2.84. The highest BCUT2D eigenvalue weighted by atomic mass is 79.9. The normalized spacial score (nSPS) is 13.8. The van der Waals surface area contributed by atoms with Crippen molar-refractivity contribution in [3.05, 3.63) is 65.3 Å². The smallest absolute Gasteiger partial charge is 0.320 e. The summed E-state index contributed by atoms with van der Waals surface area (Å²) in [5.74, 6) is 0.416. The minimum Gasteiger partial charge on any atom is -0.491 e. The highest BCUT2D eigenvalue weighted by molar-refractivity contribution is 9.10. The Bertz CT molecular complexity index is 1430. The van der Waals surface area contributed by atoms with E-state index in [-0.39, 0.29) is 11.9 Å². The topological polar surface area (TPSA) is 117 Å². The molecule has 1 aromatic heterocycles. The van der Waals surface area contributed by atoms with Crippen molar-refractivity contribution in [2.24, 2.45) is 5.92 Å². The van der Waals surface area contributed by atoms with Gasteiger partial charge < -0.3 is 20.1 Å². The molecular formula is C30H32BrN5O4. The molecule has 1 aliphatic rings. The number of likely N-dealkylation sites (tertiary alicyclic amines) is 1. The molecule has 2 heterocycles. The number of nitriles is 1. The van der Waals surface area contributed by atoms with E-state index in [9.17, 15) is 14.9 Å². The van der Waals surface area contributed by atoms with Crippen LogP contribution in [0.25, 0.3) is 10.9 Å². The average molecular weight is 607 g/mol. The van der Waals surface area contributed by atoms with Crippen LogP contribution in [-0.4, -0.2) is 54.6 Å². The largest absolute Gasteiger partial charge is 0.491 e. The molecule has 0 spiro atoms. The number of carbonyl (C=O) groups is 2. The minimum absolute atomic E-state index is 0.180. The minimum atomic E-state index is -0.371. The van der Waals surface area contributed by atoms with Crippen molar-refractivity contribution < 1.29 is 19.1 Å². The molecule has 3 aromatic rings. The number of fused-ring (bicyclic) bond motifs is 1. The number of rotatable bonds is 11. The molecule has 4 rings (SSSR count). The molecule has 0 bridgehead atoms. The van der Waals surface area contributed by atoms with Crippen molar-refractivity contribution in [1.29, 1.82) is 5.26 Å². The van der Waals surface area contributed by atoms with Crippen molar-refractivity contribution in [1.82, 2.24) is 9.88 Å². The first-order valence-corrected chi connectivity index (χ1v) is 14.0. The Morgan fingerprint density at radius 2 is 2.08 bits per heavy atom. The van der Waals surface area contributed by atoms with E-state index in [2.05, 4.69) is 49.1 Å².